The van der Waals surface area contributed by atoms with E-state index in [0.717, 1.165) is 40.6 Å². The molecule has 1 saturated heterocycles. The van der Waals surface area contributed by atoms with E-state index in [1.54, 1.807) is 27.8 Å². The molecule has 2 aromatic heterocycles. The van der Waals surface area contributed by atoms with E-state index in [2.05, 4.69) is 4.98 Å². The standard InChI is InChI=1S/C23H28N4O3S2/c1-15-7-8-17(13-16(15)2)32(29,30)27-11-9-26(10-12-27)14-20-24-22(28)21-18-5-3-4-6-19(18)31-23(21)25-20/h7-8,13H,3-6,9-12,14H2,1-2H3,(H,24,25,28)/p+1. The molecule has 0 amide bonds. The summed E-state index contributed by atoms with van der Waals surface area (Å²) in [5.74, 6) is 0.696. The molecule has 0 spiro atoms. The van der Waals surface area contributed by atoms with E-state index in [9.17, 15) is 13.2 Å². The van der Waals surface area contributed by atoms with E-state index in [1.165, 1.54) is 21.8 Å². The van der Waals surface area contributed by atoms with Crippen LogP contribution in [0.5, 0.6) is 0 Å². The van der Waals surface area contributed by atoms with Crippen molar-refractivity contribution in [3.63, 3.8) is 0 Å². The quantitative estimate of drug-likeness (QED) is 0.602. The van der Waals surface area contributed by atoms with Gasteiger partial charge in [0.25, 0.3) is 5.56 Å². The van der Waals surface area contributed by atoms with Gasteiger partial charge in [-0.1, -0.05) is 6.07 Å². The van der Waals surface area contributed by atoms with Gasteiger partial charge in [-0.15, -0.1) is 11.3 Å². The number of fused-ring (bicyclic) bond motifs is 3. The monoisotopic (exact) mass is 473 g/mol. The molecule has 0 unspecified atom stereocenters. The van der Waals surface area contributed by atoms with Crippen molar-refractivity contribution in [3.8, 4) is 0 Å². The van der Waals surface area contributed by atoms with Gasteiger partial charge in [-0.3, -0.25) is 4.79 Å². The summed E-state index contributed by atoms with van der Waals surface area (Å²) in [4.78, 5) is 24.3. The summed E-state index contributed by atoms with van der Waals surface area (Å²) in [7, 11) is -3.49. The number of rotatable bonds is 4. The number of aromatic amines is 1. The van der Waals surface area contributed by atoms with Crippen LogP contribution in [-0.4, -0.2) is 48.9 Å². The Hall–Kier alpha value is -2.07. The van der Waals surface area contributed by atoms with Crippen LogP contribution in [0.2, 0.25) is 0 Å². The minimum absolute atomic E-state index is 0.0280. The van der Waals surface area contributed by atoms with E-state index in [0.29, 0.717) is 43.4 Å². The molecule has 0 bridgehead atoms. The number of piperazine rings is 1. The lowest BCUT2D eigenvalue weighted by molar-refractivity contribution is -0.917. The molecule has 7 nitrogen and oxygen atoms in total. The van der Waals surface area contributed by atoms with E-state index in [-0.39, 0.29) is 5.56 Å². The van der Waals surface area contributed by atoms with Gasteiger partial charge in [0.05, 0.1) is 36.5 Å². The van der Waals surface area contributed by atoms with Gasteiger partial charge >= 0.3 is 0 Å². The molecule has 3 aromatic rings. The van der Waals surface area contributed by atoms with Crippen molar-refractivity contribution in [1.29, 1.82) is 0 Å². The van der Waals surface area contributed by atoms with Crippen LogP contribution >= 0.6 is 11.3 Å². The van der Waals surface area contributed by atoms with E-state index >= 15 is 0 Å². The molecule has 0 saturated carbocycles. The molecule has 0 atom stereocenters. The van der Waals surface area contributed by atoms with E-state index in [1.807, 2.05) is 19.9 Å². The summed E-state index contributed by atoms with van der Waals surface area (Å²) in [6, 6.07) is 5.32. The van der Waals surface area contributed by atoms with Gasteiger partial charge < -0.3 is 9.88 Å². The molecule has 1 aliphatic carbocycles. The molecular weight excluding hydrogens is 444 g/mol. The van der Waals surface area contributed by atoms with Gasteiger partial charge in [0, 0.05) is 4.88 Å². The molecule has 3 heterocycles. The van der Waals surface area contributed by atoms with Gasteiger partial charge in [-0.05, 0) is 68.4 Å². The minimum Gasteiger partial charge on any atom is -0.326 e. The summed E-state index contributed by atoms with van der Waals surface area (Å²) >= 11 is 1.67. The summed E-state index contributed by atoms with van der Waals surface area (Å²) in [5, 5.41) is 0.785. The zero-order valence-corrected chi connectivity index (χ0v) is 20.2. The van der Waals surface area contributed by atoms with Crippen molar-refractivity contribution in [2.45, 2.75) is 51.0 Å². The number of aromatic nitrogens is 2. The van der Waals surface area contributed by atoms with Crippen molar-refractivity contribution >= 4 is 31.6 Å². The fourth-order valence-electron chi connectivity index (χ4n) is 4.77. The topological polar surface area (TPSA) is 87.6 Å². The van der Waals surface area contributed by atoms with Crippen LogP contribution < -0.4 is 10.5 Å². The highest BCUT2D eigenvalue weighted by molar-refractivity contribution is 7.89. The molecule has 32 heavy (non-hydrogen) atoms. The van der Waals surface area contributed by atoms with Gasteiger partial charge in [-0.25, -0.2) is 13.4 Å². The molecule has 1 aromatic carbocycles. The average Bonchev–Trinajstić information content (AvgIpc) is 3.15. The molecule has 1 aliphatic heterocycles. The van der Waals surface area contributed by atoms with Crippen molar-refractivity contribution in [2.75, 3.05) is 26.2 Å². The fourth-order valence-corrected chi connectivity index (χ4v) is 7.58. The second-order valence-corrected chi connectivity index (χ2v) is 12.0. The van der Waals surface area contributed by atoms with Gasteiger partial charge in [-0.2, -0.15) is 4.31 Å². The Morgan fingerprint density at radius 2 is 1.88 bits per heavy atom. The predicted octanol–water partition coefficient (Wildman–Crippen LogP) is 1.57. The van der Waals surface area contributed by atoms with Crippen LogP contribution in [0.15, 0.2) is 27.9 Å². The molecule has 9 heteroatoms. The van der Waals surface area contributed by atoms with E-state index in [4.69, 9.17) is 4.98 Å². The predicted molar refractivity (Wildman–Crippen MR) is 126 cm³/mol. The Labute approximate surface area is 192 Å². The third-order valence-electron chi connectivity index (χ3n) is 6.84. The molecule has 5 rings (SSSR count). The van der Waals surface area contributed by atoms with Crippen molar-refractivity contribution in [3.05, 3.63) is 55.9 Å². The Balaban J connectivity index is 1.29. The van der Waals surface area contributed by atoms with Crippen LogP contribution in [0.3, 0.4) is 0 Å². The zero-order chi connectivity index (χ0) is 22.5. The number of nitrogens with one attached hydrogen (secondary N) is 2. The first-order chi connectivity index (χ1) is 15.3. The number of H-pyrrole nitrogens is 1. The van der Waals surface area contributed by atoms with Gasteiger partial charge in [0.1, 0.15) is 11.4 Å². The summed E-state index contributed by atoms with van der Waals surface area (Å²) in [6.07, 6.45) is 4.35. The Morgan fingerprint density at radius 3 is 2.62 bits per heavy atom. The van der Waals surface area contributed by atoms with E-state index < -0.39 is 10.0 Å². The molecule has 2 aliphatic rings. The highest BCUT2D eigenvalue weighted by Crippen LogP contribution is 2.33. The van der Waals surface area contributed by atoms with Crippen LogP contribution in [0.4, 0.5) is 0 Å². The second-order valence-electron chi connectivity index (χ2n) is 8.98. The molecule has 0 radical (unpaired) electrons. The lowest BCUT2D eigenvalue weighted by Gasteiger charge is -2.31. The molecule has 1 fully saturated rings. The smallest absolute Gasteiger partial charge is 0.260 e. The van der Waals surface area contributed by atoms with Crippen LogP contribution in [0, 0.1) is 13.8 Å². The average molecular weight is 474 g/mol. The third-order valence-corrected chi connectivity index (χ3v) is 9.92. The number of aryl methyl sites for hydroxylation is 4. The highest BCUT2D eigenvalue weighted by Gasteiger charge is 2.31. The number of hydrogen-bond acceptors (Lipinski definition) is 5. The molecular formula is C23H29N4O3S2+. The van der Waals surface area contributed by atoms with Gasteiger partial charge in [0.15, 0.2) is 5.82 Å². The number of sulfonamides is 1. The van der Waals surface area contributed by atoms with Crippen molar-refractivity contribution < 1.29 is 13.3 Å². The number of nitrogens with zero attached hydrogens (tertiary/aromatic N) is 2. The maximum absolute atomic E-state index is 13.1. The SMILES string of the molecule is Cc1ccc(S(=O)(=O)N2CC[NH+](Cc3nc4sc5c(c4c(=O)[nH]3)CCCC5)CC2)cc1C. The number of benzene rings is 1. The highest BCUT2D eigenvalue weighted by atomic mass is 32.2. The Kier molecular flexibility index (Phi) is 5.69. The largest absolute Gasteiger partial charge is 0.326 e. The zero-order valence-electron chi connectivity index (χ0n) is 18.5. The maximum Gasteiger partial charge on any atom is 0.260 e. The fraction of sp³-hybridized carbons (Fsp3) is 0.478. The second kappa shape index (κ2) is 8.37. The lowest BCUT2D eigenvalue weighted by Crippen LogP contribution is -3.13. The third kappa shape index (κ3) is 3.91. The summed E-state index contributed by atoms with van der Waals surface area (Å²) in [5.41, 5.74) is 3.24. The number of hydrogen-bond donors (Lipinski definition) is 2. The normalized spacial score (nSPS) is 18.2. The van der Waals surface area contributed by atoms with Crippen molar-refractivity contribution in [2.24, 2.45) is 0 Å². The first-order valence-electron chi connectivity index (χ1n) is 11.3. The Bertz CT molecular complexity index is 1340. The number of quaternary nitrogens is 1. The number of thiophene rings is 1. The molecule has 170 valence electrons. The lowest BCUT2D eigenvalue weighted by atomic mass is 9.97. The van der Waals surface area contributed by atoms with Crippen molar-refractivity contribution in [1.82, 2.24) is 14.3 Å². The summed E-state index contributed by atoms with van der Waals surface area (Å²) < 4.78 is 27.7. The van der Waals surface area contributed by atoms with Crippen LogP contribution in [0.25, 0.3) is 10.2 Å². The molecule has 2 N–H and O–H groups in total. The maximum atomic E-state index is 13.1. The first-order valence-corrected chi connectivity index (χ1v) is 13.5. The van der Waals surface area contributed by atoms with Crippen LogP contribution in [0.1, 0.15) is 40.2 Å². The van der Waals surface area contributed by atoms with Crippen LogP contribution in [-0.2, 0) is 29.4 Å². The van der Waals surface area contributed by atoms with Gasteiger partial charge in [0.2, 0.25) is 10.0 Å². The first kappa shape index (κ1) is 21.8. The minimum atomic E-state index is -3.49. The Morgan fingerprint density at radius 1 is 1.12 bits per heavy atom. The summed E-state index contributed by atoms with van der Waals surface area (Å²) in [6.45, 7) is 6.82.